The molecule has 0 aliphatic carbocycles. The average Bonchev–Trinajstić information content (AvgIpc) is 3.11. The minimum Gasteiger partial charge on any atom is -0.319 e. The van der Waals surface area contributed by atoms with Crippen LogP contribution in [-0.4, -0.2) is 31.3 Å². The number of hydrogen-bond donors (Lipinski definition) is 2. The molecule has 1 aromatic heterocycles. The quantitative estimate of drug-likeness (QED) is 0.390. The van der Waals surface area contributed by atoms with Gasteiger partial charge in [-0.05, 0) is 13.0 Å². The first kappa shape index (κ1) is 17.6. The molecule has 1 heterocycles. The lowest BCUT2D eigenvalue weighted by Gasteiger charge is -2.10. The van der Waals surface area contributed by atoms with Gasteiger partial charge in [0.1, 0.15) is 5.69 Å². The summed E-state index contributed by atoms with van der Waals surface area (Å²) in [6.07, 6.45) is 0. The Labute approximate surface area is 153 Å². The van der Waals surface area contributed by atoms with Gasteiger partial charge in [0.2, 0.25) is 11.1 Å². The summed E-state index contributed by atoms with van der Waals surface area (Å²) in [5.74, 6) is 0.245. The summed E-state index contributed by atoms with van der Waals surface area (Å²) in [4.78, 5) is 27.2. The fourth-order valence-electron chi connectivity index (χ4n) is 2.21. The molecule has 1 amide bonds. The number of anilines is 1. The number of nitrogens with zero attached hydrogens (tertiary/aromatic N) is 3. The van der Waals surface area contributed by atoms with Gasteiger partial charge in [0, 0.05) is 11.6 Å². The highest BCUT2D eigenvalue weighted by atomic mass is 32.2. The normalized spacial score (nSPS) is 11.7. The number of aromatic amines is 1. The molecule has 2 N–H and O–H groups in total. The molecule has 2 aromatic carbocycles. The molecule has 0 saturated heterocycles. The second kappa shape index (κ2) is 7.79. The minimum absolute atomic E-state index is 0.151. The molecule has 3 rings (SSSR count). The molecule has 132 valence electrons. The van der Waals surface area contributed by atoms with E-state index in [9.17, 15) is 14.9 Å². The molecular weight excluding hydrogens is 354 g/mol. The van der Waals surface area contributed by atoms with Gasteiger partial charge in [-0.2, -0.15) is 0 Å². The summed E-state index contributed by atoms with van der Waals surface area (Å²) in [7, 11) is 0. The van der Waals surface area contributed by atoms with Crippen LogP contribution in [0.1, 0.15) is 6.92 Å². The van der Waals surface area contributed by atoms with Gasteiger partial charge in [-0.25, -0.2) is 4.98 Å². The Bertz CT molecular complexity index is 929. The van der Waals surface area contributed by atoms with E-state index in [-0.39, 0.29) is 17.3 Å². The fraction of sp³-hybridized carbons (Fsp3) is 0.118. The maximum atomic E-state index is 12.3. The first-order valence-electron chi connectivity index (χ1n) is 7.73. The average molecular weight is 369 g/mol. The number of hydrogen-bond acceptors (Lipinski definition) is 6. The molecule has 0 bridgehead atoms. The third-order valence-electron chi connectivity index (χ3n) is 3.52. The van der Waals surface area contributed by atoms with E-state index in [0.717, 1.165) is 5.56 Å². The second-order valence-electron chi connectivity index (χ2n) is 5.36. The van der Waals surface area contributed by atoms with Crippen molar-refractivity contribution in [3.63, 3.8) is 0 Å². The van der Waals surface area contributed by atoms with Crippen LogP contribution >= 0.6 is 11.8 Å². The number of aromatic nitrogens is 3. The van der Waals surface area contributed by atoms with Crippen LogP contribution in [0.25, 0.3) is 11.4 Å². The van der Waals surface area contributed by atoms with Crippen LogP contribution in [-0.2, 0) is 4.79 Å². The van der Waals surface area contributed by atoms with Crippen LogP contribution in [0.4, 0.5) is 11.4 Å². The third-order valence-corrected chi connectivity index (χ3v) is 4.48. The molecule has 8 nitrogen and oxygen atoms in total. The lowest BCUT2D eigenvalue weighted by Crippen LogP contribution is -2.23. The highest BCUT2D eigenvalue weighted by Crippen LogP contribution is 2.26. The van der Waals surface area contributed by atoms with E-state index in [0.29, 0.717) is 11.0 Å². The zero-order chi connectivity index (χ0) is 18.5. The summed E-state index contributed by atoms with van der Waals surface area (Å²) in [6, 6.07) is 15.5. The molecule has 1 atom stereocenters. The minimum atomic E-state index is -0.533. The van der Waals surface area contributed by atoms with Gasteiger partial charge in [-0.3, -0.25) is 20.0 Å². The fourth-order valence-corrected chi connectivity index (χ4v) is 2.93. The highest BCUT2D eigenvalue weighted by Gasteiger charge is 2.21. The molecule has 0 aliphatic rings. The predicted octanol–water partition coefficient (Wildman–Crippen LogP) is 3.50. The molecule has 9 heteroatoms. The summed E-state index contributed by atoms with van der Waals surface area (Å²) in [5, 5.41) is 20.4. The number of para-hydroxylation sites is 2. The van der Waals surface area contributed by atoms with Gasteiger partial charge in [0.25, 0.3) is 5.69 Å². The standard InChI is InChI=1S/C17H15N5O3S/c1-11(16(23)18-13-9-5-6-10-14(13)22(24)25)26-17-19-15(20-21-17)12-7-3-2-4-8-12/h2-11H,1H3,(H,18,23)(H,19,20,21)/t11-/m1/s1. The number of amides is 1. The lowest BCUT2D eigenvalue weighted by atomic mass is 10.2. The maximum absolute atomic E-state index is 12.3. The number of benzene rings is 2. The summed E-state index contributed by atoms with van der Waals surface area (Å²) >= 11 is 1.17. The molecule has 0 fully saturated rings. The molecule has 0 saturated carbocycles. The van der Waals surface area contributed by atoms with Crippen LogP contribution in [0.2, 0.25) is 0 Å². The number of carbonyl (C=O) groups excluding carboxylic acids is 1. The smallest absolute Gasteiger partial charge is 0.292 e. The van der Waals surface area contributed by atoms with Crippen molar-refractivity contribution in [2.24, 2.45) is 0 Å². The number of H-pyrrole nitrogens is 1. The first-order chi connectivity index (χ1) is 12.5. The largest absolute Gasteiger partial charge is 0.319 e. The summed E-state index contributed by atoms with van der Waals surface area (Å²) in [5.41, 5.74) is 0.904. The molecule has 26 heavy (non-hydrogen) atoms. The number of nitro groups is 1. The number of carbonyl (C=O) groups is 1. The van der Waals surface area contributed by atoms with E-state index in [2.05, 4.69) is 20.5 Å². The molecule has 0 aliphatic heterocycles. The third kappa shape index (κ3) is 4.06. The van der Waals surface area contributed by atoms with Crippen molar-refractivity contribution in [1.29, 1.82) is 0 Å². The van der Waals surface area contributed by atoms with E-state index >= 15 is 0 Å². The molecule has 0 spiro atoms. The van der Waals surface area contributed by atoms with Gasteiger partial charge in [0.15, 0.2) is 5.82 Å². The Morgan fingerprint density at radius 2 is 1.88 bits per heavy atom. The van der Waals surface area contributed by atoms with E-state index in [4.69, 9.17) is 0 Å². The monoisotopic (exact) mass is 369 g/mol. The Kier molecular flexibility index (Phi) is 5.28. The Balaban J connectivity index is 1.67. The van der Waals surface area contributed by atoms with Crippen molar-refractivity contribution in [1.82, 2.24) is 15.2 Å². The number of nitro benzene ring substituents is 1. The zero-order valence-electron chi connectivity index (χ0n) is 13.7. The van der Waals surface area contributed by atoms with Crippen LogP contribution in [0, 0.1) is 10.1 Å². The Morgan fingerprint density at radius 1 is 1.19 bits per heavy atom. The maximum Gasteiger partial charge on any atom is 0.292 e. The molecule has 3 aromatic rings. The zero-order valence-corrected chi connectivity index (χ0v) is 14.6. The lowest BCUT2D eigenvalue weighted by molar-refractivity contribution is -0.383. The van der Waals surface area contributed by atoms with Crippen LogP contribution < -0.4 is 5.32 Å². The van der Waals surface area contributed by atoms with E-state index in [1.54, 1.807) is 19.1 Å². The predicted molar refractivity (Wildman–Crippen MR) is 98.9 cm³/mol. The SMILES string of the molecule is C[C@@H](Sc1n[nH]c(-c2ccccc2)n1)C(=O)Nc1ccccc1[N+](=O)[O-]. The van der Waals surface area contributed by atoms with Gasteiger partial charge in [0.05, 0.1) is 10.2 Å². The number of nitrogens with one attached hydrogen (secondary N) is 2. The van der Waals surface area contributed by atoms with E-state index in [1.807, 2.05) is 30.3 Å². The number of rotatable bonds is 6. The Hall–Kier alpha value is -3.20. The highest BCUT2D eigenvalue weighted by molar-refractivity contribution is 8.00. The van der Waals surface area contributed by atoms with Gasteiger partial charge in [-0.15, -0.1) is 5.10 Å². The molecule has 0 radical (unpaired) electrons. The van der Waals surface area contributed by atoms with E-state index in [1.165, 1.54) is 23.9 Å². The van der Waals surface area contributed by atoms with Crippen LogP contribution in [0.3, 0.4) is 0 Å². The molecular formula is C17H15N5O3S. The second-order valence-corrected chi connectivity index (χ2v) is 6.66. The van der Waals surface area contributed by atoms with Crippen molar-refractivity contribution in [3.05, 3.63) is 64.7 Å². The topological polar surface area (TPSA) is 114 Å². The summed E-state index contributed by atoms with van der Waals surface area (Å²) in [6.45, 7) is 1.69. The Morgan fingerprint density at radius 3 is 2.62 bits per heavy atom. The van der Waals surface area contributed by atoms with Crippen LogP contribution in [0.5, 0.6) is 0 Å². The van der Waals surface area contributed by atoms with Crippen molar-refractivity contribution < 1.29 is 9.72 Å². The van der Waals surface area contributed by atoms with E-state index < -0.39 is 10.2 Å². The summed E-state index contributed by atoms with van der Waals surface area (Å²) < 4.78 is 0. The van der Waals surface area contributed by atoms with Crippen molar-refractivity contribution in [2.45, 2.75) is 17.3 Å². The van der Waals surface area contributed by atoms with Crippen molar-refractivity contribution >= 4 is 29.0 Å². The van der Waals surface area contributed by atoms with Gasteiger partial charge < -0.3 is 5.32 Å². The van der Waals surface area contributed by atoms with Gasteiger partial charge >= 0.3 is 0 Å². The number of thioether (sulfide) groups is 1. The van der Waals surface area contributed by atoms with Crippen molar-refractivity contribution in [2.75, 3.05) is 5.32 Å². The molecule has 0 unspecified atom stereocenters. The van der Waals surface area contributed by atoms with Gasteiger partial charge in [-0.1, -0.05) is 54.2 Å². The van der Waals surface area contributed by atoms with Crippen LogP contribution in [0.15, 0.2) is 59.8 Å². The van der Waals surface area contributed by atoms with Crippen molar-refractivity contribution in [3.8, 4) is 11.4 Å². The first-order valence-corrected chi connectivity index (χ1v) is 8.61.